The Bertz CT molecular complexity index is 1270. The lowest BCUT2D eigenvalue weighted by Gasteiger charge is -2.12. The Kier molecular flexibility index (Phi) is 4.52. The van der Waals surface area contributed by atoms with Crippen LogP contribution in [0.4, 0.5) is 21.7 Å². The lowest BCUT2D eigenvalue weighted by molar-refractivity contribution is -0.117. The SMILES string of the molecule is N#Cc1ccc(Nc2cc(NC3CC3)n3ncc(/C=C4\CC(O)NC4=O)c3n2)c(F)c1. The molecule has 2 fully saturated rings. The van der Waals surface area contributed by atoms with E-state index < -0.39 is 12.0 Å². The van der Waals surface area contributed by atoms with Gasteiger partial charge in [0.15, 0.2) is 5.65 Å². The number of nitrogens with zero attached hydrogens (tertiary/aromatic N) is 4. The predicted octanol–water partition coefficient (Wildman–Crippen LogP) is 2.28. The average molecular weight is 419 g/mol. The van der Waals surface area contributed by atoms with Crippen molar-refractivity contribution in [1.82, 2.24) is 19.9 Å². The van der Waals surface area contributed by atoms with Crippen molar-refractivity contribution >= 4 is 35.0 Å². The first-order valence-electron chi connectivity index (χ1n) is 9.81. The topological polar surface area (TPSA) is 127 Å². The minimum atomic E-state index is -0.905. The van der Waals surface area contributed by atoms with Gasteiger partial charge < -0.3 is 21.1 Å². The van der Waals surface area contributed by atoms with Crippen LogP contribution in [0.5, 0.6) is 0 Å². The van der Waals surface area contributed by atoms with Crippen molar-refractivity contribution in [2.75, 3.05) is 10.6 Å². The number of hydrogen-bond donors (Lipinski definition) is 4. The number of carbonyl (C=O) groups excluding carboxylic acids is 1. The van der Waals surface area contributed by atoms with Crippen LogP contribution in [0.15, 0.2) is 36.0 Å². The fourth-order valence-electron chi connectivity index (χ4n) is 3.42. The number of carbonyl (C=O) groups is 1. The number of benzene rings is 1. The molecule has 0 radical (unpaired) electrons. The quantitative estimate of drug-likeness (QED) is 0.467. The van der Waals surface area contributed by atoms with Crippen molar-refractivity contribution in [3.05, 3.63) is 53.0 Å². The van der Waals surface area contributed by atoms with Crippen LogP contribution in [0.1, 0.15) is 30.4 Å². The number of aromatic nitrogens is 3. The third-order valence-electron chi connectivity index (χ3n) is 5.12. The van der Waals surface area contributed by atoms with Gasteiger partial charge in [-0.2, -0.15) is 14.9 Å². The van der Waals surface area contributed by atoms with Gasteiger partial charge in [0, 0.05) is 29.7 Å². The molecule has 1 atom stereocenters. The summed E-state index contributed by atoms with van der Waals surface area (Å²) in [6.45, 7) is 0. The summed E-state index contributed by atoms with van der Waals surface area (Å²) in [6, 6.07) is 8.14. The fourth-order valence-corrected chi connectivity index (χ4v) is 3.42. The maximum absolute atomic E-state index is 14.4. The summed E-state index contributed by atoms with van der Waals surface area (Å²) < 4.78 is 16.0. The van der Waals surface area contributed by atoms with E-state index >= 15 is 0 Å². The smallest absolute Gasteiger partial charge is 0.249 e. The Morgan fingerprint density at radius 3 is 2.87 bits per heavy atom. The summed E-state index contributed by atoms with van der Waals surface area (Å²) in [5.41, 5.74) is 1.92. The molecule has 2 aliphatic rings. The minimum absolute atomic E-state index is 0.186. The van der Waals surface area contributed by atoms with Crippen LogP contribution >= 0.6 is 0 Å². The molecule has 31 heavy (non-hydrogen) atoms. The number of rotatable bonds is 5. The van der Waals surface area contributed by atoms with Gasteiger partial charge in [-0.15, -0.1) is 0 Å². The molecule has 9 nitrogen and oxygen atoms in total. The number of fused-ring (bicyclic) bond motifs is 1. The number of nitriles is 1. The van der Waals surface area contributed by atoms with Crippen molar-refractivity contribution in [3.8, 4) is 6.07 Å². The average Bonchev–Trinajstić information content (AvgIpc) is 3.38. The standard InChI is InChI=1S/C21H18FN7O2/c22-15-5-11(9-23)1-4-16(15)26-17-8-18(25-14-2-3-14)29-20(27-17)13(10-24-29)6-12-7-19(30)28-21(12)31/h1,4-6,8,10,14,19,25,30H,2-3,7H2,(H,26,27)(H,28,31)/b12-6+. The normalized spacial score (nSPS) is 19.5. The summed E-state index contributed by atoms with van der Waals surface area (Å²) >= 11 is 0. The predicted molar refractivity (Wildman–Crippen MR) is 111 cm³/mol. The lowest BCUT2D eigenvalue weighted by Crippen LogP contribution is -2.24. The van der Waals surface area contributed by atoms with Crippen LogP contribution in [-0.2, 0) is 4.79 Å². The van der Waals surface area contributed by atoms with Gasteiger partial charge in [-0.3, -0.25) is 4.79 Å². The van der Waals surface area contributed by atoms with E-state index in [9.17, 15) is 14.3 Å². The number of hydrogen-bond acceptors (Lipinski definition) is 7. The largest absolute Gasteiger partial charge is 0.373 e. The summed E-state index contributed by atoms with van der Waals surface area (Å²) in [6.07, 6.45) is 4.63. The van der Waals surface area contributed by atoms with Gasteiger partial charge in [0.05, 0.1) is 23.5 Å². The number of nitrogens with one attached hydrogen (secondary N) is 3. The number of aliphatic hydroxyl groups excluding tert-OH is 1. The molecule has 3 heterocycles. The zero-order valence-corrected chi connectivity index (χ0v) is 16.3. The van der Waals surface area contributed by atoms with Crippen LogP contribution in [0.3, 0.4) is 0 Å². The molecule has 156 valence electrons. The second-order valence-corrected chi connectivity index (χ2v) is 7.57. The molecule has 5 rings (SSSR count). The Morgan fingerprint density at radius 2 is 2.19 bits per heavy atom. The molecule has 4 N–H and O–H groups in total. The van der Waals surface area contributed by atoms with E-state index in [1.165, 1.54) is 12.1 Å². The second-order valence-electron chi connectivity index (χ2n) is 7.57. The summed E-state index contributed by atoms with van der Waals surface area (Å²) in [4.78, 5) is 16.6. The highest BCUT2D eigenvalue weighted by Gasteiger charge is 2.26. The molecule has 0 spiro atoms. The van der Waals surface area contributed by atoms with Gasteiger partial charge in [-0.25, -0.2) is 9.37 Å². The van der Waals surface area contributed by atoms with E-state index in [1.807, 2.05) is 6.07 Å². The monoisotopic (exact) mass is 419 g/mol. The van der Waals surface area contributed by atoms with E-state index in [0.29, 0.717) is 34.5 Å². The minimum Gasteiger partial charge on any atom is -0.373 e. The Hall–Kier alpha value is -3.97. The number of anilines is 3. The van der Waals surface area contributed by atoms with Gasteiger partial charge in [0.1, 0.15) is 23.7 Å². The number of halogens is 1. The Balaban J connectivity index is 1.56. The highest BCUT2D eigenvalue weighted by Crippen LogP contribution is 2.29. The molecule has 2 aromatic heterocycles. The molecule has 1 saturated heterocycles. The van der Waals surface area contributed by atoms with Gasteiger partial charge in [-0.05, 0) is 37.1 Å². The van der Waals surface area contributed by atoms with E-state index in [1.54, 1.807) is 22.9 Å². The maximum atomic E-state index is 14.4. The summed E-state index contributed by atoms with van der Waals surface area (Å²) in [5, 5.41) is 31.8. The van der Waals surface area contributed by atoms with E-state index in [0.717, 1.165) is 18.9 Å². The lowest BCUT2D eigenvalue weighted by atomic mass is 10.1. The van der Waals surface area contributed by atoms with Gasteiger partial charge in [0.25, 0.3) is 0 Å². The van der Waals surface area contributed by atoms with Crippen LogP contribution in [0.25, 0.3) is 11.7 Å². The second kappa shape index (κ2) is 7.37. The molecule has 1 aliphatic heterocycles. The van der Waals surface area contributed by atoms with E-state index in [2.05, 4.69) is 26.0 Å². The van der Waals surface area contributed by atoms with Crippen LogP contribution in [0.2, 0.25) is 0 Å². The summed E-state index contributed by atoms with van der Waals surface area (Å²) in [5.74, 6) is 0.168. The first-order valence-corrected chi connectivity index (χ1v) is 9.81. The van der Waals surface area contributed by atoms with Gasteiger partial charge >= 0.3 is 0 Å². The van der Waals surface area contributed by atoms with E-state index in [4.69, 9.17) is 5.26 Å². The van der Waals surface area contributed by atoms with E-state index in [-0.39, 0.29) is 23.6 Å². The van der Waals surface area contributed by atoms with Crippen molar-refractivity contribution in [2.45, 2.75) is 31.5 Å². The fraction of sp³-hybridized carbons (Fsp3) is 0.238. The molecule has 1 unspecified atom stereocenters. The third kappa shape index (κ3) is 3.78. The van der Waals surface area contributed by atoms with Crippen LogP contribution in [0, 0.1) is 17.1 Å². The Labute approximate surface area is 176 Å². The molecule has 0 bridgehead atoms. The van der Waals surface area contributed by atoms with Crippen LogP contribution in [-0.4, -0.2) is 37.9 Å². The highest BCUT2D eigenvalue weighted by molar-refractivity contribution is 6.00. The molecule has 1 saturated carbocycles. The van der Waals surface area contributed by atoms with Crippen LogP contribution < -0.4 is 16.0 Å². The highest BCUT2D eigenvalue weighted by atomic mass is 19.1. The molecular formula is C21H18FN7O2. The maximum Gasteiger partial charge on any atom is 0.249 e. The summed E-state index contributed by atoms with van der Waals surface area (Å²) in [7, 11) is 0. The first kappa shape index (κ1) is 19.0. The molecule has 1 aliphatic carbocycles. The number of amides is 1. The van der Waals surface area contributed by atoms with Gasteiger partial charge in [0.2, 0.25) is 5.91 Å². The zero-order chi connectivity index (χ0) is 21.5. The van der Waals surface area contributed by atoms with Crippen molar-refractivity contribution in [2.24, 2.45) is 0 Å². The van der Waals surface area contributed by atoms with Gasteiger partial charge in [-0.1, -0.05) is 0 Å². The number of aliphatic hydroxyl groups is 1. The van der Waals surface area contributed by atoms with Crippen molar-refractivity contribution in [3.63, 3.8) is 0 Å². The van der Waals surface area contributed by atoms with Crippen molar-refractivity contribution in [1.29, 1.82) is 5.26 Å². The van der Waals surface area contributed by atoms with Crippen molar-refractivity contribution < 1.29 is 14.3 Å². The molecule has 1 aromatic carbocycles. The molecule has 1 amide bonds. The zero-order valence-electron chi connectivity index (χ0n) is 16.3. The first-order chi connectivity index (χ1) is 15.0. The molecular weight excluding hydrogens is 401 g/mol. The Morgan fingerprint density at radius 1 is 1.35 bits per heavy atom. The third-order valence-corrected chi connectivity index (χ3v) is 5.12. The molecule has 3 aromatic rings. The molecule has 10 heteroatoms.